The molecule has 0 atom stereocenters. The first-order chi connectivity index (χ1) is 29.2. The quantitative estimate of drug-likeness (QED) is 0.162. The van der Waals surface area contributed by atoms with E-state index < -0.39 is 0 Å². The topological polar surface area (TPSA) is 41.4 Å². The van der Waals surface area contributed by atoms with E-state index in [0.717, 1.165) is 0 Å². The van der Waals surface area contributed by atoms with Gasteiger partial charge in [0.1, 0.15) is 0 Å². The molecule has 5 heteroatoms. The van der Waals surface area contributed by atoms with Gasteiger partial charge in [0.25, 0.3) is 0 Å². The van der Waals surface area contributed by atoms with Crippen LogP contribution in [0.4, 0.5) is 0 Å². The zero-order chi connectivity index (χ0) is 39.3. The summed E-state index contributed by atoms with van der Waals surface area (Å²) in [4.78, 5) is 7.10. The molecular weight excluding hydrogens is 844 g/mol. The molecule has 0 bridgehead atoms. The molecule has 4 nitrogen and oxygen atoms in total. The van der Waals surface area contributed by atoms with Crippen LogP contribution >= 0.6 is 22.6 Å². The lowest BCUT2D eigenvalue weighted by molar-refractivity contribution is 1.15. The highest BCUT2D eigenvalue weighted by molar-refractivity contribution is 14.1. The van der Waals surface area contributed by atoms with E-state index in [4.69, 9.17) is 0 Å². The number of rotatable bonds is 2. The Kier molecular flexibility index (Phi) is 9.66. The van der Waals surface area contributed by atoms with Crippen molar-refractivity contribution in [2.75, 3.05) is 0 Å². The van der Waals surface area contributed by atoms with Crippen molar-refractivity contribution in [1.29, 1.82) is 0 Å². The second-order valence-electron chi connectivity index (χ2n) is 14.8. The summed E-state index contributed by atoms with van der Waals surface area (Å²) >= 11 is 2.28. The third-order valence-electron chi connectivity index (χ3n) is 11.4. The molecule has 4 aromatic heterocycles. The van der Waals surface area contributed by atoms with Gasteiger partial charge in [0.2, 0.25) is 0 Å². The average molecular weight is 885 g/mol. The van der Waals surface area contributed by atoms with E-state index in [1.807, 2.05) is 18.2 Å². The maximum absolute atomic E-state index is 3.55. The number of fused-ring (bicyclic) bond motifs is 14. The Hall–Kier alpha value is -7.09. The maximum atomic E-state index is 3.55. The van der Waals surface area contributed by atoms with Crippen LogP contribution < -0.4 is 0 Å². The summed E-state index contributed by atoms with van der Waals surface area (Å²) in [6.45, 7) is 0. The van der Waals surface area contributed by atoms with Gasteiger partial charge < -0.3 is 19.1 Å². The van der Waals surface area contributed by atoms with Crippen LogP contribution in [-0.4, -0.2) is 19.1 Å². The molecule has 13 rings (SSSR count). The van der Waals surface area contributed by atoms with Gasteiger partial charge in [-0.3, -0.25) is 0 Å². The summed E-state index contributed by atoms with van der Waals surface area (Å²) in [6, 6.07) is 75.0. The van der Waals surface area contributed by atoms with E-state index in [2.05, 4.69) is 236 Å². The van der Waals surface area contributed by atoms with Gasteiger partial charge in [0.05, 0.1) is 33.1 Å². The number of aromatic amines is 2. The Morgan fingerprint density at radius 3 is 1.03 bits per heavy atom. The third-order valence-corrected chi connectivity index (χ3v) is 12.1. The molecule has 0 amide bonds. The highest BCUT2D eigenvalue weighted by atomic mass is 127. The molecule has 288 valence electrons. The van der Waals surface area contributed by atoms with Crippen LogP contribution in [0.25, 0.3) is 98.6 Å². The highest BCUT2D eigenvalue weighted by Gasteiger charge is 2.20. The number of halogens is 1. The van der Waals surface area contributed by atoms with Gasteiger partial charge in [-0.25, -0.2) is 0 Å². The first kappa shape index (κ1) is 37.2. The van der Waals surface area contributed by atoms with Crippen molar-refractivity contribution in [1.82, 2.24) is 19.1 Å². The van der Waals surface area contributed by atoms with E-state index in [0.29, 0.717) is 0 Å². The number of hydrogen-bond donors (Lipinski definition) is 2. The van der Waals surface area contributed by atoms with Crippen molar-refractivity contribution in [3.8, 4) is 11.4 Å². The van der Waals surface area contributed by atoms with Crippen LogP contribution in [0.2, 0.25) is 0 Å². The van der Waals surface area contributed by atoms with Gasteiger partial charge in [0.15, 0.2) is 0 Å². The van der Waals surface area contributed by atoms with Crippen LogP contribution in [0.15, 0.2) is 212 Å². The number of hydrogen-bond acceptors (Lipinski definition) is 0. The van der Waals surface area contributed by atoms with Crippen LogP contribution in [0.5, 0.6) is 0 Å². The van der Waals surface area contributed by atoms with E-state index in [-0.39, 0.29) is 7.43 Å². The van der Waals surface area contributed by atoms with E-state index in [1.165, 1.54) is 102 Å². The second kappa shape index (κ2) is 15.6. The predicted octanol–water partition coefficient (Wildman–Crippen LogP) is 15.8. The molecule has 0 saturated heterocycles. The van der Waals surface area contributed by atoms with Crippen molar-refractivity contribution in [3.05, 3.63) is 216 Å². The van der Waals surface area contributed by atoms with Crippen LogP contribution in [0.3, 0.4) is 0 Å². The average Bonchev–Trinajstić information content (AvgIpc) is 4.06. The molecule has 13 aromatic rings. The van der Waals surface area contributed by atoms with Gasteiger partial charge in [-0.2, -0.15) is 0 Å². The molecular formula is C55H41IN4. The smallest absolute Gasteiger partial charge is 0.0788 e. The van der Waals surface area contributed by atoms with Crippen molar-refractivity contribution in [3.63, 3.8) is 0 Å². The second-order valence-corrected chi connectivity index (χ2v) is 16.0. The Balaban J connectivity index is 0.000000131. The zero-order valence-electron chi connectivity index (χ0n) is 32.0. The van der Waals surface area contributed by atoms with Gasteiger partial charge in [-0.05, 0) is 83.3 Å². The van der Waals surface area contributed by atoms with E-state index >= 15 is 0 Å². The lowest BCUT2D eigenvalue weighted by atomic mass is 10.1. The summed E-state index contributed by atoms with van der Waals surface area (Å²) in [7, 11) is 0. The summed E-state index contributed by atoms with van der Waals surface area (Å²) in [5.41, 5.74) is 12.1. The van der Waals surface area contributed by atoms with Crippen molar-refractivity contribution >= 4 is 110 Å². The molecule has 2 N–H and O–H groups in total. The summed E-state index contributed by atoms with van der Waals surface area (Å²) in [5, 5.41) is 10.2. The minimum absolute atomic E-state index is 0. The third kappa shape index (κ3) is 6.21. The minimum atomic E-state index is 0. The van der Waals surface area contributed by atoms with Gasteiger partial charge in [-0.15, -0.1) is 0 Å². The Labute approximate surface area is 361 Å². The number of nitrogens with zero attached hydrogens (tertiary/aromatic N) is 2. The van der Waals surface area contributed by atoms with Gasteiger partial charge in [0, 0.05) is 69.1 Å². The van der Waals surface area contributed by atoms with Gasteiger partial charge >= 0.3 is 0 Å². The predicted molar refractivity (Wildman–Crippen MR) is 266 cm³/mol. The van der Waals surface area contributed by atoms with Crippen molar-refractivity contribution in [2.24, 2.45) is 0 Å². The van der Waals surface area contributed by atoms with E-state index in [1.54, 1.807) is 0 Å². The van der Waals surface area contributed by atoms with Crippen molar-refractivity contribution < 1.29 is 0 Å². The molecule has 0 fully saturated rings. The molecule has 9 aromatic carbocycles. The summed E-state index contributed by atoms with van der Waals surface area (Å²) in [5.74, 6) is 0. The minimum Gasteiger partial charge on any atom is -0.353 e. The highest BCUT2D eigenvalue weighted by Crippen LogP contribution is 2.41. The van der Waals surface area contributed by atoms with E-state index in [9.17, 15) is 0 Å². The Morgan fingerprint density at radius 1 is 0.300 bits per heavy atom. The fourth-order valence-electron chi connectivity index (χ4n) is 8.84. The lowest BCUT2D eigenvalue weighted by Crippen LogP contribution is -1.98. The van der Waals surface area contributed by atoms with Gasteiger partial charge in [-0.1, -0.05) is 159 Å². The van der Waals surface area contributed by atoms with Crippen LogP contribution in [0, 0.1) is 3.57 Å². The number of benzene rings is 9. The summed E-state index contributed by atoms with van der Waals surface area (Å²) in [6.07, 6.45) is 0. The Morgan fingerprint density at radius 2 is 0.633 bits per heavy atom. The number of aromatic nitrogens is 4. The molecule has 60 heavy (non-hydrogen) atoms. The first-order valence-corrected chi connectivity index (χ1v) is 21.0. The lowest BCUT2D eigenvalue weighted by Gasteiger charge is -2.12. The number of nitrogens with one attached hydrogen (secondary N) is 2. The summed E-state index contributed by atoms with van der Waals surface area (Å²) < 4.78 is 6.14. The Bertz CT molecular complexity index is 3390. The fraction of sp³-hybridized carbons (Fsp3) is 0.0182. The molecule has 0 aliphatic rings. The van der Waals surface area contributed by atoms with Crippen molar-refractivity contribution in [2.45, 2.75) is 7.43 Å². The standard InChI is InChI=1S/C30H20N2.C18H12N2.C6H5I.CH4/c1-3-11-21(12-4-1)31-27-17-9-7-15-23(27)25-19-20-26-24-16-8-10-18-28(24)32(30(26)29(25)31)22-13-5-2-6-14-22;1-3-7-15-11(5-1)13-9-10-14-12-6-2-4-8-16(12)20-18(14)17(13)19-15;7-6-4-2-1-3-5-6;/h1-20H;1-10,19-20H;1-5H;1H4. The molecule has 0 unspecified atom stereocenters. The van der Waals surface area contributed by atoms with Crippen LogP contribution in [0.1, 0.15) is 7.43 Å². The zero-order valence-corrected chi connectivity index (χ0v) is 34.1. The maximum Gasteiger partial charge on any atom is 0.0788 e. The molecule has 0 radical (unpaired) electrons. The number of para-hydroxylation sites is 6. The molecule has 0 spiro atoms. The molecule has 0 saturated carbocycles. The van der Waals surface area contributed by atoms with Crippen LogP contribution in [-0.2, 0) is 0 Å². The first-order valence-electron chi connectivity index (χ1n) is 19.9. The molecule has 4 heterocycles. The molecule has 0 aliphatic heterocycles. The number of H-pyrrole nitrogens is 2. The normalized spacial score (nSPS) is 11.3. The molecule has 0 aliphatic carbocycles. The SMILES string of the molecule is C.Ic1ccccc1.c1ccc(-n2c3ccccc3c3ccc4c5ccccc5n(-c5ccccc5)c4c32)cc1.c1ccc2c(c1)[nH]c1c2ccc2c3ccccc3[nH]c21. The largest absolute Gasteiger partial charge is 0.353 e. The fourth-order valence-corrected chi connectivity index (χ4v) is 9.26. The monoisotopic (exact) mass is 884 g/mol.